The van der Waals surface area contributed by atoms with Gasteiger partial charge in [0.2, 0.25) is 5.91 Å². The van der Waals surface area contributed by atoms with Crippen LogP contribution < -0.4 is 10.6 Å². The van der Waals surface area contributed by atoms with E-state index >= 15 is 0 Å². The van der Waals surface area contributed by atoms with Crippen molar-refractivity contribution in [3.63, 3.8) is 0 Å². The Morgan fingerprint density at radius 1 is 0.739 bits per heavy atom. The third-order valence-corrected chi connectivity index (χ3v) is 8.71. The normalized spacial score (nSPS) is 11.6. The van der Waals surface area contributed by atoms with E-state index in [1.165, 1.54) is 17.3 Å². The highest BCUT2D eigenvalue weighted by Crippen LogP contribution is 2.30. The maximum absolute atomic E-state index is 13.6. The van der Waals surface area contributed by atoms with Gasteiger partial charge in [-0.05, 0) is 65.6 Å². The van der Waals surface area contributed by atoms with Crippen LogP contribution in [0, 0.1) is 0 Å². The fourth-order valence-electron chi connectivity index (χ4n) is 5.35. The van der Waals surface area contributed by atoms with Crippen LogP contribution in [0.3, 0.4) is 0 Å². The quantitative estimate of drug-likeness (QED) is 0.125. The van der Waals surface area contributed by atoms with Crippen molar-refractivity contribution in [2.75, 3.05) is 11.1 Å². The summed E-state index contributed by atoms with van der Waals surface area (Å²) in [6.45, 7) is 4.24. The summed E-state index contributed by atoms with van der Waals surface area (Å²) < 4.78 is 1.78. The second kappa shape index (κ2) is 13.7. The van der Waals surface area contributed by atoms with Gasteiger partial charge in [-0.25, -0.2) is 0 Å². The lowest BCUT2D eigenvalue weighted by Gasteiger charge is -2.13. The summed E-state index contributed by atoms with van der Waals surface area (Å²) in [4.78, 5) is 41.0. The van der Waals surface area contributed by atoms with Gasteiger partial charge >= 0.3 is 0 Å². The molecule has 1 heterocycles. The lowest BCUT2D eigenvalue weighted by Crippen LogP contribution is -2.30. The summed E-state index contributed by atoms with van der Waals surface area (Å²) in [5.74, 6) is -0.283. The van der Waals surface area contributed by atoms with E-state index in [1.54, 1.807) is 41.0 Å². The Kier molecular flexibility index (Phi) is 9.13. The van der Waals surface area contributed by atoms with Gasteiger partial charge in [-0.2, -0.15) is 0 Å². The van der Waals surface area contributed by atoms with Crippen LogP contribution in [0.2, 0.25) is 0 Å². The van der Waals surface area contributed by atoms with Crippen molar-refractivity contribution in [1.29, 1.82) is 0 Å². The fraction of sp³-hybridized carbons (Fsp3) is 0.103. The second-order valence-electron chi connectivity index (χ2n) is 11.2. The molecule has 1 aromatic heterocycles. The summed E-state index contributed by atoms with van der Waals surface area (Å²) in [7, 11) is 0. The molecule has 0 aliphatic carbocycles. The highest BCUT2D eigenvalue weighted by Gasteiger charge is 2.17. The minimum absolute atomic E-state index is 0.0332. The smallest absolute Gasteiger partial charge is 0.272 e. The Morgan fingerprint density at radius 2 is 1.37 bits per heavy atom. The molecule has 0 aliphatic rings. The van der Waals surface area contributed by atoms with Crippen LogP contribution in [0.15, 0.2) is 138 Å². The molecule has 0 unspecified atom stereocenters. The number of aromatic nitrogens is 1. The molecule has 46 heavy (non-hydrogen) atoms. The standard InChI is InChI=1S/C39H33N3O3S/c1-26(2)28-21-19-27(20-22-28)23-34(41-38(44)29-11-4-3-5-12-29)39(45)40-30-13-10-14-31(24-30)46-25-37(43)42-35-17-8-6-15-32(35)33-16-7-9-18-36(33)42/h3-24,26H,25H2,1-2H3,(H,40,45)(H,41,44)/b34-23+. The third kappa shape index (κ3) is 6.80. The highest BCUT2D eigenvalue weighted by atomic mass is 32.2. The third-order valence-electron chi connectivity index (χ3n) is 7.73. The number of nitrogens with one attached hydrogen (secondary N) is 2. The topological polar surface area (TPSA) is 80.2 Å². The Hall–Kier alpha value is -5.40. The summed E-state index contributed by atoms with van der Waals surface area (Å²) >= 11 is 1.40. The molecule has 0 bridgehead atoms. The fourth-order valence-corrected chi connectivity index (χ4v) is 6.15. The van der Waals surface area contributed by atoms with Gasteiger partial charge in [-0.15, -0.1) is 11.8 Å². The SMILES string of the molecule is CC(C)c1ccc(/C=C(/NC(=O)c2ccccc2)C(=O)Nc2cccc(SCC(=O)n3c4ccccc4c4ccccc43)c2)cc1. The van der Waals surface area contributed by atoms with Crippen LogP contribution in [0.5, 0.6) is 0 Å². The Morgan fingerprint density at radius 3 is 2.02 bits per heavy atom. The van der Waals surface area contributed by atoms with Crippen molar-refractivity contribution in [1.82, 2.24) is 9.88 Å². The first kappa shape index (κ1) is 30.6. The van der Waals surface area contributed by atoms with Gasteiger partial charge < -0.3 is 10.6 Å². The molecule has 7 heteroatoms. The minimum atomic E-state index is -0.458. The van der Waals surface area contributed by atoms with E-state index in [1.807, 2.05) is 97.1 Å². The van der Waals surface area contributed by atoms with Crippen LogP contribution in [0.25, 0.3) is 27.9 Å². The van der Waals surface area contributed by atoms with Crippen LogP contribution in [-0.2, 0) is 4.79 Å². The number of fused-ring (bicyclic) bond motifs is 3. The summed E-state index contributed by atoms with van der Waals surface area (Å²) in [6.07, 6.45) is 1.67. The van der Waals surface area contributed by atoms with Crippen molar-refractivity contribution in [3.05, 3.63) is 150 Å². The Balaban J connectivity index is 1.20. The van der Waals surface area contributed by atoms with Crippen molar-refractivity contribution in [2.24, 2.45) is 0 Å². The molecule has 0 saturated carbocycles. The largest absolute Gasteiger partial charge is 0.321 e. The average molecular weight is 624 g/mol. The van der Waals surface area contributed by atoms with E-state index in [0.717, 1.165) is 32.3 Å². The summed E-state index contributed by atoms with van der Waals surface area (Å²) in [6, 6.07) is 39.9. The van der Waals surface area contributed by atoms with Gasteiger partial charge in [0.1, 0.15) is 5.70 Å². The Bertz CT molecular complexity index is 2030. The maximum Gasteiger partial charge on any atom is 0.272 e. The summed E-state index contributed by atoms with van der Waals surface area (Å²) in [5, 5.41) is 7.81. The van der Waals surface area contributed by atoms with Gasteiger partial charge in [0, 0.05) is 26.9 Å². The molecule has 0 atom stereocenters. The van der Waals surface area contributed by atoms with Crippen LogP contribution in [0.1, 0.15) is 46.0 Å². The predicted molar refractivity (Wildman–Crippen MR) is 188 cm³/mol. The number of para-hydroxylation sites is 2. The highest BCUT2D eigenvalue weighted by molar-refractivity contribution is 8.00. The lowest BCUT2D eigenvalue weighted by atomic mass is 10.0. The number of carbonyl (C=O) groups excluding carboxylic acids is 3. The van der Waals surface area contributed by atoms with E-state index in [2.05, 4.69) is 24.5 Å². The summed E-state index contributed by atoms with van der Waals surface area (Å²) in [5.41, 5.74) is 4.85. The number of carbonyl (C=O) groups is 3. The number of thioether (sulfide) groups is 1. The molecule has 2 N–H and O–H groups in total. The van der Waals surface area contributed by atoms with E-state index in [0.29, 0.717) is 17.2 Å². The number of hydrogen-bond donors (Lipinski definition) is 2. The molecule has 0 spiro atoms. The van der Waals surface area contributed by atoms with Crippen LogP contribution in [-0.4, -0.2) is 28.0 Å². The molecular weight excluding hydrogens is 591 g/mol. The first-order chi connectivity index (χ1) is 22.4. The number of rotatable bonds is 9. The zero-order chi connectivity index (χ0) is 32.0. The first-order valence-corrected chi connectivity index (χ1v) is 16.1. The molecule has 5 aromatic carbocycles. The number of hydrogen-bond acceptors (Lipinski definition) is 4. The molecule has 2 amide bonds. The molecular formula is C39H33N3O3S. The zero-order valence-corrected chi connectivity index (χ0v) is 26.4. The first-order valence-electron chi connectivity index (χ1n) is 15.1. The van der Waals surface area contributed by atoms with E-state index < -0.39 is 5.91 Å². The lowest BCUT2D eigenvalue weighted by molar-refractivity contribution is -0.113. The molecule has 0 radical (unpaired) electrons. The van der Waals surface area contributed by atoms with Crippen molar-refractivity contribution >= 4 is 63.1 Å². The number of amides is 2. The number of anilines is 1. The monoisotopic (exact) mass is 623 g/mol. The van der Waals surface area contributed by atoms with E-state index in [9.17, 15) is 14.4 Å². The van der Waals surface area contributed by atoms with Gasteiger partial charge in [-0.3, -0.25) is 19.0 Å². The Labute approximate surface area is 272 Å². The van der Waals surface area contributed by atoms with Crippen LogP contribution >= 0.6 is 11.8 Å². The average Bonchev–Trinajstić information content (AvgIpc) is 3.42. The zero-order valence-electron chi connectivity index (χ0n) is 25.6. The molecule has 0 fully saturated rings. The molecule has 0 aliphatic heterocycles. The second-order valence-corrected chi connectivity index (χ2v) is 12.3. The van der Waals surface area contributed by atoms with Gasteiger partial charge in [0.05, 0.1) is 16.8 Å². The van der Waals surface area contributed by atoms with Crippen molar-refractivity contribution < 1.29 is 14.4 Å². The number of nitrogens with zero attached hydrogens (tertiary/aromatic N) is 1. The minimum Gasteiger partial charge on any atom is -0.321 e. The van der Waals surface area contributed by atoms with Crippen LogP contribution in [0.4, 0.5) is 5.69 Å². The van der Waals surface area contributed by atoms with Gasteiger partial charge in [-0.1, -0.05) is 98.8 Å². The molecule has 228 valence electrons. The molecule has 0 saturated heterocycles. The molecule has 6 nitrogen and oxygen atoms in total. The van der Waals surface area contributed by atoms with Gasteiger partial charge in [0.25, 0.3) is 11.8 Å². The van der Waals surface area contributed by atoms with E-state index in [4.69, 9.17) is 0 Å². The predicted octanol–water partition coefficient (Wildman–Crippen LogP) is 8.76. The van der Waals surface area contributed by atoms with Crippen molar-refractivity contribution in [3.8, 4) is 0 Å². The number of benzene rings is 5. The maximum atomic E-state index is 13.6. The molecule has 6 aromatic rings. The van der Waals surface area contributed by atoms with Crippen molar-refractivity contribution in [2.45, 2.75) is 24.7 Å². The molecule has 6 rings (SSSR count). The van der Waals surface area contributed by atoms with E-state index in [-0.39, 0.29) is 23.3 Å². The van der Waals surface area contributed by atoms with Gasteiger partial charge in [0.15, 0.2) is 0 Å².